The van der Waals surface area contributed by atoms with Crippen LogP contribution in [-0.2, 0) is 10.9 Å². The van der Waals surface area contributed by atoms with Gasteiger partial charge in [-0.25, -0.2) is 0 Å². The van der Waals surface area contributed by atoms with Crippen molar-refractivity contribution in [3.63, 3.8) is 0 Å². The number of aliphatic hydroxyl groups is 1. The number of aliphatic hydroxyl groups excluding tert-OH is 1. The number of morpholine rings is 1. The lowest BCUT2D eigenvalue weighted by Gasteiger charge is -2.31. The molecule has 1 heterocycles. The Morgan fingerprint density at radius 1 is 1.26 bits per heavy atom. The van der Waals surface area contributed by atoms with Crippen molar-refractivity contribution in [2.45, 2.75) is 6.18 Å². The Labute approximate surface area is 108 Å². The van der Waals surface area contributed by atoms with E-state index in [1.807, 2.05) is 0 Å². The molecule has 104 valence electrons. The lowest BCUT2D eigenvalue weighted by atomic mass is 10.1. The SMILES string of the molecule is C=C(O)c1ccc(N2CCOCC2)c(C(F)(F)F)c1. The summed E-state index contributed by atoms with van der Waals surface area (Å²) in [7, 11) is 0. The number of halogens is 3. The molecule has 1 aliphatic heterocycles. The van der Waals surface area contributed by atoms with Crippen LogP contribution < -0.4 is 4.90 Å². The summed E-state index contributed by atoms with van der Waals surface area (Å²) in [5, 5.41) is 9.22. The zero-order valence-electron chi connectivity index (χ0n) is 10.2. The Hall–Kier alpha value is -1.69. The number of alkyl halides is 3. The van der Waals surface area contributed by atoms with Gasteiger partial charge in [-0.15, -0.1) is 0 Å². The highest BCUT2D eigenvalue weighted by Gasteiger charge is 2.35. The molecule has 0 aromatic heterocycles. The molecule has 0 atom stereocenters. The van der Waals surface area contributed by atoms with E-state index < -0.39 is 11.7 Å². The van der Waals surface area contributed by atoms with E-state index in [1.54, 1.807) is 4.90 Å². The van der Waals surface area contributed by atoms with Crippen molar-refractivity contribution in [2.75, 3.05) is 31.2 Å². The number of ether oxygens (including phenoxy) is 1. The van der Waals surface area contributed by atoms with Crippen molar-refractivity contribution >= 4 is 11.4 Å². The number of nitrogens with zero attached hydrogens (tertiary/aromatic N) is 1. The molecule has 1 saturated heterocycles. The maximum absolute atomic E-state index is 13.1. The summed E-state index contributed by atoms with van der Waals surface area (Å²) >= 11 is 0. The van der Waals surface area contributed by atoms with Gasteiger partial charge in [-0.05, 0) is 18.2 Å². The molecule has 6 heteroatoms. The van der Waals surface area contributed by atoms with E-state index in [0.717, 1.165) is 6.07 Å². The van der Waals surface area contributed by atoms with Gasteiger partial charge in [0.2, 0.25) is 0 Å². The molecule has 1 aromatic rings. The predicted molar refractivity (Wildman–Crippen MR) is 66.1 cm³/mol. The molecular weight excluding hydrogens is 259 g/mol. The molecule has 2 rings (SSSR count). The molecule has 1 aliphatic rings. The molecular formula is C13H14F3NO2. The number of anilines is 1. The van der Waals surface area contributed by atoms with Crippen LogP contribution in [0.25, 0.3) is 5.76 Å². The summed E-state index contributed by atoms with van der Waals surface area (Å²) in [4.78, 5) is 1.64. The summed E-state index contributed by atoms with van der Waals surface area (Å²) in [5.74, 6) is -0.376. The molecule has 1 aromatic carbocycles. The third kappa shape index (κ3) is 3.01. The molecule has 1 N–H and O–H groups in total. The van der Waals surface area contributed by atoms with Crippen LogP contribution in [0.3, 0.4) is 0 Å². The highest BCUT2D eigenvalue weighted by atomic mass is 19.4. The first-order chi connectivity index (χ1) is 8.89. The van der Waals surface area contributed by atoms with E-state index in [-0.39, 0.29) is 17.0 Å². The van der Waals surface area contributed by atoms with Crippen LogP contribution in [0.1, 0.15) is 11.1 Å². The largest absolute Gasteiger partial charge is 0.508 e. The summed E-state index contributed by atoms with van der Waals surface area (Å²) < 4.78 is 44.4. The van der Waals surface area contributed by atoms with Crippen LogP contribution in [0, 0.1) is 0 Å². The highest BCUT2D eigenvalue weighted by molar-refractivity contribution is 5.64. The number of hydrogen-bond donors (Lipinski definition) is 1. The van der Waals surface area contributed by atoms with Crippen molar-refractivity contribution in [3.8, 4) is 0 Å². The molecule has 3 nitrogen and oxygen atoms in total. The summed E-state index contributed by atoms with van der Waals surface area (Å²) in [5.41, 5.74) is -0.577. The second-order valence-corrected chi connectivity index (χ2v) is 4.28. The van der Waals surface area contributed by atoms with Crippen LogP contribution in [-0.4, -0.2) is 31.4 Å². The minimum atomic E-state index is -4.47. The quantitative estimate of drug-likeness (QED) is 0.841. The van der Waals surface area contributed by atoms with Gasteiger partial charge in [-0.3, -0.25) is 0 Å². The Balaban J connectivity index is 2.44. The van der Waals surface area contributed by atoms with E-state index in [1.165, 1.54) is 12.1 Å². The van der Waals surface area contributed by atoms with Crippen molar-refractivity contribution < 1.29 is 23.0 Å². The molecule has 0 bridgehead atoms. The van der Waals surface area contributed by atoms with Gasteiger partial charge < -0.3 is 14.7 Å². The van der Waals surface area contributed by atoms with Gasteiger partial charge in [0.25, 0.3) is 0 Å². The number of rotatable bonds is 2. The Morgan fingerprint density at radius 2 is 1.89 bits per heavy atom. The lowest BCUT2D eigenvalue weighted by Crippen LogP contribution is -2.37. The average Bonchev–Trinajstić information content (AvgIpc) is 2.38. The first-order valence-corrected chi connectivity index (χ1v) is 5.82. The fraction of sp³-hybridized carbons (Fsp3) is 0.385. The van der Waals surface area contributed by atoms with Crippen molar-refractivity contribution in [1.29, 1.82) is 0 Å². The third-order valence-corrected chi connectivity index (χ3v) is 2.99. The molecule has 19 heavy (non-hydrogen) atoms. The maximum atomic E-state index is 13.1. The minimum absolute atomic E-state index is 0.0735. The molecule has 0 saturated carbocycles. The first kappa shape index (κ1) is 13.7. The number of benzene rings is 1. The second-order valence-electron chi connectivity index (χ2n) is 4.28. The van der Waals surface area contributed by atoms with E-state index in [2.05, 4.69) is 6.58 Å². The van der Waals surface area contributed by atoms with Crippen molar-refractivity contribution in [2.24, 2.45) is 0 Å². The fourth-order valence-electron chi connectivity index (χ4n) is 2.02. The van der Waals surface area contributed by atoms with E-state index in [0.29, 0.717) is 26.3 Å². The summed E-state index contributed by atoms with van der Waals surface area (Å²) in [6, 6.07) is 3.72. The maximum Gasteiger partial charge on any atom is 0.418 e. The van der Waals surface area contributed by atoms with Crippen LogP contribution in [0.2, 0.25) is 0 Å². The number of hydrogen-bond acceptors (Lipinski definition) is 3. The van der Waals surface area contributed by atoms with Gasteiger partial charge in [0.15, 0.2) is 0 Å². The van der Waals surface area contributed by atoms with Gasteiger partial charge in [0.05, 0.1) is 18.8 Å². The molecule has 1 fully saturated rings. The van der Waals surface area contributed by atoms with Crippen LogP contribution in [0.5, 0.6) is 0 Å². The Bertz CT molecular complexity index is 479. The second kappa shape index (κ2) is 5.13. The Morgan fingerprint density at radius 3 is 2.42 bits per heavy atom. The molecule has 0 unspecified atom stereocenters. The molecule has 0 radical (unpaired) electrons. The minimum Gasteiger partial charge on any atom is -0.508 e. The van der Waals surface area contributed by atoms with Gasteiger partial charge in [-0.2, -0.15) is 13.2 Å². The fourth-order valence-corrected chi connectivity index (χ4v) is 2.02. The topological polar surface area (TPSA) is 32.7 Å². The van der Waals surface area contributed by atoms with Crippen molar-refractivity contribution in [3.05, 3.63) is 35.9 Å². The standard InChI is InChI=1S/C13H14F3NO2/c1-9(18)10-2-3-12(11(8-10)13(14,15)16)17-4-6-19-7-5-17/h2-3,8,18H,1,4-7H2. The highest BCUT2D eigenvalue weighted by Crippen LogP contribution is 2.38. The van der Waals surface area contributed by atoms with E-state index in [4.69, 9.17) is 4.74 Å². The van der Waals surface area contributed by atoms with E-state index >= 15 is 0 Å². The van der Waals surface area contributed by atoms with Crippen LogP contribution in [0.4, 0.5) is 18.9 Å². The first-order valence-electron chi connectivity index (χ1n) is 5.82. The van der Waals surface area contributed by atoms with E-state index in [9.17, 15) is 18.3 Å². The van der Waals surface area contributed by atoms with Gasteiger partial charge in [0.1, 0.15) is 5.76 Å². The van der Waals surface area contributed by atoms with Gasteiger partial charge in [-0.1, -0.05) is 6.58 Å². The van der Waals surface area contributed by atoms with Gasteiger partial charge >= 0.3 is 6.18 Å². The molecule has 0 aliphatic carbocycles. The average molecular weight is 273 g/mol. The molecule has 0 spiro atoms. The summed E-state index contributed by atoms with van der Waals surface area (Å²) in [6.45, 7) is 4.90. The third-order valence-electron chi connectivity index (χ3n) is 2.99. The lowest BCUT2D eigenvalue weighted by molar-refractivity contribution is -0.137. The summed E-state index contributed by atoms with van der Waals surface area (Å²) in [6.07, 6.45) is -4.47. The zero-order valence-corrected chi connectivity index (χ0v) is 10.2. The van der Waals surface area contributed by atoms with Crippen LogP contribution >= 0.6 is 0 Å². The zero-order chi connectivity index (χ0) is 14.0. The van der Waals surface area contributed by atoms with Crippen molar-refractivity contribution in [1.82, 2.24) is 0 Å². The normalized spacial score (nSPS) is 16.5. The van der Waals surface area contributed by atoms with Gasteiger partial charge in [0, 0.05) is 24.3 Å². The monoisotopic (exact) mass is 273 g/mol. The molecule has 0 amide bonds. The van der Waals surface area contributed by atoms with Crippen LogP contribution in [0.15, 0.2) is 24.8 Å². The predicted octanol–water partition coefficient (Wildman–Crippen LogP) is 3.07. The Kier molecular flexibility index (Phi) is 3.71. The smallest absolute Gasteiger partial charge is 0.418 e.